The summed E-state index contributed by atoms with van der Waals surface area (Å²) >= 11 is 0. The molecular formula is C17H16O. The Balaban J connectivity index is 1.92. The maximum Gasteiger partial charge on any atom is 0.123 e. The SMILES string of the molecule is C[C@H]1OC(c2ccccc2)=C[C@@H]1c1ccccc1. The van der Waals surface area contributed by atoms with Crippen LogP contribution < -0.4 is 0 Å². The van der Waals surface area contributed by atoms with Gasteiger partial charge < -0.3 is 4.74 Å². The summed E-state index contributed by atoms with van der Waals surface area (Å²) in [5.41, 5.74) is 2.47. The largest absolute Gasteiger partial charge is 0.489 e. The van der Waals surface area contributed by atoms with E-state index in [1.807, 2.05) is 24.3 Å². The van der Waals surface area contributed by atoms with Gasteiger partial charge in [0.2, 0.25) is 0 Å². The summed E-state index contributed by atoms with van der Waals surface area (Å²) in [6, 6.07) is 20.8. The molecule has 3 rings (SSSR count). The third-order valence-corrected chi connectivity index (χ3v) is 3.39. The summed E-state index contributed by atoms with van der Waals surface area (Å²) in [6.07, 6.45) is 2.43. The molecule has 1 aliphatic rings. The van der Waals surface area contributed by atoms with Crippen LogP contribution in [0.4, 0.5) is 0 Å². The van der Waals surface area contributed by atoms with Crippen molar-refractivity contribution in [2.45, 2.75) is 18.9 Å². The highest BCUT2D eigenvalue weighted by molar-refractivity contribution is 5.63. The Kier molecular flexibility index (Phi) is 2.89. The van der Waals surface area contributed by atoms with Gasteiger partial charge in [0, 0.05) is 11.5 Å². The van der Waals surface area contributed by atoms with E-state index in [-0.39, 0.29) is 6.10 Å². The van der Waals surface area contributed by atoms with Crippen molar-refractivity contribution in [2.24, 2.45) is 0 Å². The molecule has 18 heavy (non-hydrogen) atoms. The second-order valence-corrected chi connectivity index (χ2v) is 4.66. The average Bonchev–Trinajstić information content (AvgIpc) is 2.83. The minimum Gasteiger partial charge on any atom is -0.489 e. The Morgan fingerprint density at radius 1 is 0.833 bits per heavy atom. The lowest BCUT2D eigenvalue weighted by Gasteiger charge is -2.14. The molecule has 1 heteroatoms. The number of benzene rings is 2. The minimum absolute atomic E-state index is 0.197. The zero-order chi connectivity index (χ0) is 12.4. The standard InChI is InChI=1S/C17H16O/c1-13-16(14-8-4-2-5-9-14)12-17(18-13)15-10-6-3-7-11-15/h2-13,16H,1H3/t13-,16+/m1/s1. The Morgan fingerprint density at radius 2 is 1.44 bits per heavy atom. The molecule has 90 valence electrons. The molecule has 1 heterocycles. The van der Waals surface area contributed by atoms with E-state index in [2.05, 4.69) is 49.4 Å². The van der Waals surface area contributed by atoms with Crippen LogP contribution in [0.3, 0.4) is 0 Å². The van der Waals surface area contributed by atoms with Gasteiger partial charge >= 0.3 is 0 Å². The van der Waals surface area contributed by atoms with Crippen molar-refractivity contribution in [1.82, 2.24) is 0 Å². The van der Waals surface area contributed by atoms with Gasteiger partial charge in [-0.1, -0.05) is 60.7 Å². The van der Waals surface area contributed by atoms with Gasteiger partial charge in [-0.05, 0) is 18.6 Å². The molecule has 0 amide bonds. The van der Waals surface area contributed by atoms with Crippen LogP contribution in [0.25, 0.3) is 5.76 Å². The maximum absolute atomic E-state index is 5.98. The molecule has 0 spiro atoms. The fourth-order valence-electron chi connectivity index (χ4n) is 2.42. The number of hydrogen-bond donors (Lipinski definition) is 0. The van der Waals surface area contributed by atoms with E-state index >= 15 is 0 Å². The first kappa shape index (κ1) is 11.1. The second kappa shape index (κ2) is 4.69. The highest BCUT2D eigenvalue weighted by Crippen LogP contribution is 2.36. The third-order valence-electron chi connectivity index (χ3n) is 3.39. The van der Waals surface area contributed by atoms with Gasteiger partial charge in [-0.2, -0.15) is 0 Å². The molecule has 1 aliphatic heterocycles. The normalized spacial score (nSPS) is 22.4. The molecule has 2 aromatic rings. The summed E-state index contributed by atoms with van der Waals surface area (Å²) in [7, 11) is 0. The van der Waals surface area contributed by atoms with Crippen LogP contribution in [0.5, 0.6) is 0 Å². The monoisotopic (exact) mass is 236 g/mol. The van der Waals surface area contributed by atoms with Crippen molar-refractivity contribution in [3.63, 3.8) is 0 Å². The summed E-state index contributed by atoms with van der Waals surface area (Å²) in [6.45, 7) is 2.13. The van der Waals surface area contributed by atoms with Crippen molar-refractivity contribution in [3.05, 3.63) is 77.9 Å². The van der Waals surface area contributed by atoms with Crippen LogP contribution in [0.1, 0.15) is 24.0 Å². The molecule has 0 aromatic heterocycles. The van der Waals surface area contributed by atoms with Crippen LogP contribution in [-0.2, 0) is 4.74 Å². The topological polar surface area (TPSA) is 9.23 Å². The highest BCUT2D eigenvalue weighted by atomic mass is 16.5. The predicted molar refractivity (Wildman–Crippen MR) is 74.1 cm³/mol. The van der Waals surface area contributed by atoms with Gasteiger partial charge in [0.15, 0.2) is 0 Å². The second-order valence-electron chi connectivity index (χ2n) is 4.66. The van der Waals surface area contributed by atoms with Gasteiger partial charge in [0.05, 0.1) is 0 Å². The maximum atomic E-state index is 5.98. The van der Waals surface area contributed by atoms with Gasteiger partial charge in [-0.15, -0.1) is 0 Å². The van der Waals surface area contributed by atoms with Gasteiger partial charge in [-0.25, -0.2) is 0 Å². The lowest BCUT2D eigenvalue weighted by atomic mass is 9.95. The van der Waals surface area contributed by atoms with E-state index in [4.69, 9.17) is 4.74 Å². The summed E-state index contributed by atoms with van der Waals surface area (Å²) in [4.78, 5) is 0. The van der Waals surface area contributed by atoms with Crippen LogP contribution in [0.15, 0.2) is 66.7 Å². The van der Waals surface area contributed by atoms with Crippen molar-refractivity contribution in [2.75, 3.05) is 0 Å². The van der Waals surface area contributed by atoms with Crippen LogP contribution in [-0.4, -0.2) is 6.10 Å². The Labute approximate surface area is 108 Å². The highest BCUT2D eigenvalue weighted by Gasteiger charge is 2.27. The minimum atomic E-state index is 0.197. The van der Waals surface area contributed by atoms with E-state index < -0.39 is 0 Å². The van der Waals surface area contributed by atoms with Crippen LogP contribution >= 0.6 is 0 Å². The summed E-state index contributed by atoms with van der Waals surface area (Å²) < 4.78 is 5.98. The van der Waals surface area contributed by atoms with Crippen molar-refractivity contribution >= 4 is 5.76 Å². The van der Waals surface area contributed by atoms with Gasteiger partial charge in [-0.3, -0.25) is 0 Å². The third kappa shape index (κ3) is 2.04. The quantitative estimate of drug-likeness (QED) is 0.758. The van der Waals surface area contributed by atoms with Gasteiger partial charge in [0.1, 0.15) is 11.9 Å². The van der Waals surface area contributed by atoms with Crippen molar-refractivity contribution < 1.29 is 4.74 Å². The van der Waals surface area contributed by atoms with Crippen LogP contribution in [0.2, 0.25) is 0 Å². The fourth-order valence-corrected chi connectivity index (χ4v) is 2.42. The van der Waals surface area contributed by atoms with E-state index in [1.165, 1.54) is 5.56 Å². The summed E-state index contributed by atoms with van der Waals surface area (Å²) in [5.74, 6) is 1.35. The molecule has 0 radical (unpaired) electrons. The lowest BCUT2D eigenvalue weighted by Crippen LogP contribution is -2.09. The number of ether oxygens (including phenoxy) is 1. The first-order chi connectivity index (χ1) is 8.84. The molecule has 2 atom stereocenters. The van der Waals surface area contributed by atoms with Crippen LogP contribution in [0, 0.1) is 0 Å². The average molecular weight is 236 g/mol. The Hall–Kier alpha value is -2.02. The Morgan fingerprint density at radius 3 is 2.11 bits per heavy atom. The fraction of sp³-hybridized carbons (Fsp3) is 0.176. The molecule has 0 aliphatic carbocycles. The summed E-state index contributed by atoms with van der Waals surface area (Å²) in [5, 5.41) is 0. The van der Waals surface area contributed by atoms with Crippen molar-refractivity contribution in [1.29, 1.82) is 0 Å². The molecule has 0 N–H and O–H groups in total. The van der Waals surface area contributed by atoms with E-state index in [1.54, 1.807) is 0 Å². The number of hydrogen-bond acceptors (Lipinski definition) is 1. The first-order valence-electron chi connectivity index (χ1n) is 6.33. The molecule has 2 aromatic carbocycles. The molecule has 0 unspecified atom stereocenters. The van der Waals surface area contributed by atoms with E-state index in [0.717, 1.165) is 11.3 Å². The lowest BCUT2D eigenvalue weighted by molar-refractivity contribution is 0.195. The van der Waals surface area contributed by atoms with Gasteiger partial charge in [0.25, 0.3) is 0 Å². The molecule has 0 fully saturated rings. The molecule has 0 saturated carbocycles. The molecule has 0 saturated heterocycles. The molecule has 0 bridgehead atoms. The molecular weight excluding hydrogens is 220 g/mol. The zero-order valence-corrected chi connectivity index (χ0v) is 10.4. The predicted octanol–water partition coefficient (Wildman–Crippen LogP) is 4.23. The molecule has 1 nitrogen and oxygen atoms in total. The zero-order valence-electron chi connectivity index (χ0n) is 10.4. The Bertz CT molecular complexity index is 542. The smallest absolute Gasteiger partial charge is 0.123 e. The van der Waals surface area contributed by atoms with E-state index in [0.29, 0.717) is 5.92 Å². The van der Waals surface area contributed by atoms with E-state index in [9.17, 15) is 0 Å². The van der Waals surface area contributed by atoms with Crippen molar-refractivity contribution in [3.8, 4) is 0 Å². The first-order valence-corrected chi connectivity index (χ1v) is 6.33. The number of rotatable bonds is 2.